The minimum absolute atomic E-state index is 0.317. The number of nitrogens with zero attached hydrogens (tertiary/aromatic N) is 1. The van der Waals surface area contributed by atoms with Crippen molar-refractivity contribution in [2.45, 2.75) is 52.9 Å². The van der Waals surface area contributed by atoms with Gasteiger partial charge in [-0.3, -0.25) is 0 Å². The maximum Gasteiger partial charge on any atom is 0.0655 e. The molecular weight excluding hydrogens is 182 g/mol. The van der Waals surface area contributed by atoms with Gasteiger partial charge >= 0.3 is 0 Å². The Labute approximate surface area is 93.9 Å². The van der Waals surface area contributed by atoms with Crippen molar-refractivity contribution in [1.82, 2.24) is 0 Å². The van der Waals surface area contributed by atoms with Crippen molar-refractivity contribution in [3.63, 3.8) is 0 Å². The van der Waals surface area contributed by atoms with Gasteiger partial charge in [-0.25, -0.2) is 0 Å². The molecule has 0 aliphatic heterocycles. The summed E-state index contributed by atoms with van der Waals surface area (Å²) in [4.78, 5) is 0. The van der Waals surface area contributed by atoms with E-state index < -0.39 is 0 Å². The monoisotopic (exact) mass is 205 g/mol. The van der Waals surface area contributed by atoms with Crippen LogP contribution in [0.15, 0.2) is 0 Å². The quantitative estimate of drug-likeness (QED) is 0.586. The Kier molecular flexibility index (Phi) is 2.79. The lowest BCUT2D eigenvalue weighted by molar-refractivity contribution is 0.147. The van der Waals surface area contributed by atoms with Crippen molar-refractivity contribution in [2.24, 2.45) is 29.1 Å². The number of hydrogen-bond donors (Lipinski definition) is 0. The second kappa shape index (κ2) is 3.81. The van der Waals surface area contributed by atoms with E-state index in [1.54, 1.807) is 0 Å². The van der Waals surface area contributed by atoms with Crippen LogP contribution < -0.4 is 0 Å². The summed E-state index contributed by atoms with van der Waals surface area (Å²) in [6, 6.07) is 2.50. The number of fused-ring (bicyclic) bond motifs is 1. The maximum atomic E-state index is 9.13. The highest BCUT2D eigenvalue weighted by Gasteiger charge is 2.45. The van der Waals surface area contributed by atoms with E-state index in [-0.39, 0.29) is 0 Å². The fourth-order valence-corrected chi connectivity index (χ4v) is 4.12. The van der Waals surface area contributed by atoms with Gasteiger partial charge < -0.3 is 0 Å². The Morgan fingerprint density at radius 3 is 2.53 bits per heavy atom. The second-order valence-electron chi connectivity index (χ2n) is 6.42. The molecule has 0 aromatic heterocycles. The zero-order valence-electron chi connectivity index (χ0n) is 10.3. The topological polar surface area (TPSA) is 23.8 Å². The standard InChI is InChI=1S/C14H23N/c1-10-4-7-13-12(10)6-5-11(9-15)8-14(13,2)3/h10-13H,4-8H2,1-3H3. The van der Waals surface area contributed by atoms with E-state index >= 15 is 0 Å². The molecule has 0 aromatic rings. The third-order valence-electron chi connectivity index (χ3n) is 4.99. The van der Waals surface area contributed by atoms with E-state index in [4.69, 9.17) is 5.26 Å². The van der Waals surface area contributed by atoms with Crippen LogP contribution in [0.3, 0.4) is 0 Å². The molecule has 1 heteroatoms. The fraction of sp³-hybridized carbons (Fsp3) is 0.929. The molecule has 2 aliphatic rings. The van der Waals surface area contributed by atoms with Crippen LogP contribution in [0.5, 0.6) is 0 Å². The molecule has 0 bridgehead atoms. The Balaban J connectivity index is 2.20. The van der Waals surface area contributed by atoms with Gasteiger partial charge in [0.1, 0.15) is 0 Å². The molecule has 0 spiro atoms. The Morgan fingerprint density at radius 1 is 1.13 bits per heavy atom. The summed E-state index contributed by atoms with van der Waals surface area (Å²) in [5.74, 6) is 2.99. The summed E-state index contributed by atoms with van der Waals surface area (Å²) in [5.41, 5.74) is 0.395. The number of nitriles is 1. The zero-order chi connectivity index (χ0) is 11.1. The van der Waals surface area contributed by atoms with Crippen LogP contribution in [-0.4, -0.2) is 0 Å². The second-order valence-corrected chi connectivity index (χ2v) is 6.42. The highest BCUT2D eigenvalue weighted by atomic mass is 14.5. The molecule has 2 fully saturated rings. The van der Waals surface area contributed by atoms with Gasteiger partial charge in [-0.2, -0.15) is 5.26 Å². The van der Waals surface area contributed by atoms with E-state index in [1.165, 1.54) is 19.3 Å². The summed E-state index contributed by atoms with van der Waals surface area (Å²) in [5, 5.41) is 9.13. The SMILES string of the molecule is CC1CCC2C1CCC(C#N)CC2(C)C. The molecular formula is C14H23N. The summed E-state index contributed by atoms with van der Waals surface area (Å²) in [6.45, 7) is 7.18. The zero-order valence-corrected chi connectivity index (χ0v) is 10.3. The molecule has 4 unspecified atom stereocenters. The summed E-state index contributed by atoms with van der Waals surface area (Å²) < 4.78 is 0. The Morgan fingerprint density at radius 2 is 1.87 bits per heavy atom. The van der Waals surface area contributed by atoms with Crippen LogP contribution in [0, 0.1) is 40.4 Å². The molecule has 0 N–H and O–H groups in total. The highest BCUT2D eigenvalue weighted by molar-refractivity contribution is 4.98. The van der Waals surface area contributed by atoms with E-state index in [2.05, 4.69) is 26.8 Å². The molecule has 1 nitrogen and oxygen atoms in total. The first kappa shape index (κ1) is 11.0. The molecule has 0 amide bonds. The average molecular weight is 205 g/mol. The molecule has 0 aromatic carbocycles. The lowest BCUT2D eigenvalue weighted by Crippen LogP contribution is -2.27. The predicted molar refractivity (Wildman–Crippen MR) is 62.1 cm³/mol. The first-order valence-electron chi connectivity index (χ1n) is 6.44. The molecule has 2 saturated carbocycles. The normalized spacial score (nSPS) is 44.1. The van der Waals surface area contributed by atoms with E-state index in [9.17, 15) is 0 Å². The Hall–Kier alpha value is -0.510. The molecule has 15 heavy (non-hydrogen) atoms. The lowest BCUT2D eigenvalue weighted by Gasteiger charge is -2.34. The largest absolute Gasteiger partial charge is 0.198 e. The predicted octanol–water partition coefficient (Wildman–Crippen LogP) is 4.00. The van der Waals surface area contributed by atoms with Gasteiger partial charge in [0.25, 0.3) is 0 Å². The number of rotatable bonds is 0. The third kappa shape index (κ3) is 1.92. The van der Waals surface area contributed by atoms with Crippen molar-refractivity contribution < 1.29 is 0 Å². The molecule has 0 saturated heterocycles. The van der Waals surface area contributed by atoms with Gasteiger partial charge in [0.15, 0.2) is 0 Å². The van der Waals surface area contributed by atoms with Crippen molar-refractivity contribution in [1.29, 1.82) is 5.26 Å². The van der Waals surface area contributed by atoms with Crippen LogP contribution >= 0.6 is 0 Å². The minimum Gasteiger partial charge on any atom is -0.198 e. The molecule has 2 rings (SSSR count). The third-order valence-corrected chi connectivity index (χ3v) is 4.99. The molecule has 2 aliphatic carbocycles. The van der Waals surface area contributed by atoms with Crippen LogP contribution in [0.25, 0.3) is 0 Å². The van der Waals surface area contributed by atoms with Gasteiger partial charge in [-0.1, -0.05) is 27.2 Å². The molecule has 0 heterocycles. The number of hydrogen-bond acceptors (Lipinski definition) is 1. The van der Waals surface area contributed by atoms with Crippen LogP contribution in [0.2, 0.25) is 0 Å². The van der Waals surface area contributed by atoms with Crippen LogP contribution in [0.4, 0.5) is 0 Å². The Bertz CT molecular complexity index is 274. The van der Waals surface area contributed by atoms with Crippen molar-refractivity contribution in [3.05, 3.63) is 0 Å². The van der Waals surface area contributed by atoms with E-state index in [0.29, 0.717) is 11.3 Å². The van der Waals surface area contributed by atoms with E-state index in [1.807, 2.05) is 0 Å². The molecule has 84 valence electrons. The fourth-order valence-electron chi connectivity index (χ4n) is 4.12. The van der Waals surface area contributed by atoms with Gasteiger partial charge in [0.2, 0.25) is 0 Å². The maximum absolute atomic E-state index is 9.13. The highest BCUT2D eigenvalue weighted by Crippen LogP contribution is 2.53. The first-order chi connectivity index (χ1) is 7.04. The molecule has 0 radical (unpaired) electrons. The summed E-state index contributed by atoms with van der Waals surface area (Å²) >= 11 is 0. The van der Waals surface area contributed by atoms with Crippen LogP contribution in [0.1, 0.15) is 52.9 Å². The first-order valence-corrected chi connectivity index (χ1v) is 6.44. The van der Waals surface area contributed by atoms with Gasteiger partial charge in [-0.15, -0.1) is 0 Å². The average Bonchev–Trinajstić information content (AvgIpc) is 2.48. The molecule has 4 atom stereocenters. The summed E-state index contributed by atoms with van der Waals surface area (Å²) in [7, 11) is 0. The van der Waals surface area contributed by atoms with Crippen molar-refractivity contribution in [2.75, 3.05) is 0 Å². The van der Waals surface area contributed by atoms with Crippen molar-refractivity contribution >= 4 is 0 Å². The smallest absolute Gasteiger partial charge is 0.0655 e. The van der Waals surface area contributed by atoms with E-state index in [0.717, 1.165) is 30.6 Å². The van der Waals surface area contributed by atoms with Gasteiger partial charge in [0.05, 0.1) is 6.07 Å². The van der Waals surface area contributed by atoms with Gasteiger partial charge in [0, 0.05) is 5.92 Å². The van der Waals surface area contributed by atoms with Crippen LogP contribution in [-0.2, 0) is 0 Å². The summed E-state index contributed by atoms with van der Waals surface area (Å²) in [6.07, 6.45) is 6.38. The lowest BCUT2D eigenvalue weighted by atomic mass is 9.70. The van der Waals surface area contributed by atoms with Gasteiger partial charge in [-0.05, 0) is 48.9 Å². The minimum atomic E-state index is 0.317. The van der Waals surface area contributed by atoms with Crippen molar-refractivity contribution in [3.8, 4) is 6.07 Å².